The molecule has 2 saturated carbocycles. The van der Waals surface area contributed by atoms with Crippen molar-refractivity contribution in [2.45, 2.75) is 96.1 Å². The fraction of sp³-hybridized carbons (Fsp3) is 0.509. The summed E-state index contributed by atoms with van der Waals surface area (Å²) in [6.45, 7) is 9.66. The molecule has 0 aromatic heterocycles. The molecule has 3 heterocycles. The summed E-state index contributed by atoms with van der Waals surface area (Å²) < 4.78 is 23.3. The van der Waals surface area contributed by atoms with Gasteiger partial charge in [-0.3, -0.25) is 34.6 Å². The topological polar surface area (TPSA) is 147 Å². The number of unbranched alkanes of at least 4 members (excludes halogenated alkanes) is 2. The number of benzene rings is 3. The van der Waals surface area contributed by atoms with Gasteiger partial charge in [0, 0.05) is 66.0 Å². The number of methoxy groups -OCH3 is 1. The van der Waals surface area contributed by atoms with Gasteiger partial charge in [0.2, 0.25) is 5.91 Å². The lowest BCUT2D eigenvalue weighted by atomic mass is 9.68. The number of aliphatic imine (C=N–C) groups is 1. The first-order chi connectivity index (χ1) is 33.2. The Morgan fingerprint density at radius 2 is 1.78 bits per heavy atom. The van der Waals surface area contributed by atoms with Crippen LogP contribution in [0.15, 0.2) is 96.0 Å². The first-order valence-corrected chi connectivity index (χ1v) is 24.6. The van der Waals surface area contributed by atoms with E-state index in [4.69, 9.17) is 28.8 Å². The Balaban J connectivity index is 0.00000361. The van der Waals surface area contributed by atoms with Gasteiger partial charge in [-0.15, -0.1) is 0 Å². The summed E-state index contributed by atoms with van der Waals surface area (Å²) in [6.07, 6.45) is 15.5. The summed E-state index contributed by atoms with van der Waals surface area (Å²) in [5.41, 5.74) is 7.62. The maximum atomic E-state index is 13.9. The molecular weight excluding hydrogens is 863 g/mol. The molecule has 1 spiro atoms. The van der Waals surface area contributed by atoms with E-state index < -0.39 is 18.2 Å². The number of ether oxygens (including phenoxy) is 4. The van der Waals surface area contributed by atoms with Crippen molar-refractivity contribution in [1.29, 1.82) is 0 Å². The number of nitrogens with one attached hydrogen (secondary N) is 2. The van der Waals surface area contributed by atoms with Gasteiger partial charge in [0.15, 0.2) is 6.61 Å². The Morgan fingerprint density at radius 3 is 2.60 bits per heavy atom. The number of anilines is 2. The van der Waals surface area contributed by atoms with Gasteiger partial charge in [-0.25, -0.2) is 4.79 Å². The maximum absolute atomic E-state index is 13.9. The van der Waals surface area contributed by atoms with E-state index >= 15 is 0 Å². The molecule has 0 bridgehead atoms. The molecule has 6 atom stereocenters. The minimum absolute atomic E-state index is 0. The average molecular weight is 934 g/mol. The number of likely N-dealkylation sites (tertiary alicyclic amines) is 1. The minimum Gasteiger partial charge on any atom is -0.495 e. The van der Waals surface area contributed by atoms with Crippen LogP contribution in [0.2, 0.25) is 0 Å². The zero-order valence-electron chi connectivity index (χ0n) is 39.8. The standard InChI is InChI=1S/C53H67N7O8.2H2/c1-4-65-46-16-9-8-15-44(46)60-49(55-42-14-7-6-13-41(42)51(60)62)35-57-26-28-58(29-27-57)50(61)36-66-39-21-19-38(20-22-39)34-54-67-30-11-5-10-25-59-47-17-12-24-53(47)33-40(32-48(53)59)68-52(63)56-43-31-37(2)18-23-45(43)64-3;;/h6-9,13-16,18-23,31,40-41,47-49,54H,4-5,10-12,17,24-30,32-36H2,1-3H3,(H,56,63);2*1H. The van der Waals surface area contributed by atoms with Gasteiger partial charge in [0.05, 0.1) is 43.3 Å². The molecule has 2 saturated heterocycles. The van der Waals surface area contributed by atoms with Crippen LogP contribution in [0.5, 0.6) is 17.2 Å². The predicted molar refractivity (Wildman–Crippen MR) is 265 cm³/mol. The molecule has 0 radical (unpaired) electrons. The maximum Gasteiger partial charge on any atom is 0.412 e. The van der Waals surface area contributed by atoms with E-state index in [0.717, 1.165) is 61.2 Å². The van der Waals surface area contributed by atoms with Crippen molar-refractivity contribution in [1.82, 2.24) is 20.2 Å². The van der Waals surface area contributed by atoms with Gasteiger partial charge in [0.25, 0.3) is 5.91 Å². The van der Waals surface area contributed by atoms with Gasteiger partial charge in [0.1, 0.15) is 29.5 Å². The van der Waals surface area contributed by atoms with Crippen LogP contribution in [0.25, 0.3) is 0 Å². The monoisotopic (exact) mass is 934 g/mol. The van der Waals surface area contributed by atoms with Crippen LogP contribution in [0.1, 0.15) is 72.3 Å². The number of allylic oxidation sites excluding steroid dienone is 3. The predicted octanol–water partition coefficient (Wildman–Crippen LogP) is 7.80. The Labute approximate surface area is 403 Å². The van der Waals surface area contributed by atoms with Gasteiger partial charge in [-0.1, -0.05) is 55.0 Å². The molecule has 3 amide bonds. The molecule has 9 rings (SSSR count). The SMILES string of the molecule is CCOc1ccccc1N1C(=O)C2C=CC=CC2=NC1CN1CCN(C(=O)COc2ccc(CNOCCCCCN3C4CCCC45CC(OC(=O)Nc4cc(C)ccc4OC)CC35)cc2)CC1.[HH].[HH]. The number of hydrogen-bond acceptors (Lipinski definition) is 12. The molecule has 3 aliphatic heterocycles. The number of carbonyl (C=O) groups is 3. The van der Waals surface area contributed by atoms with Crippen LogP contribution in [0.3, 0.4) is 0 Å². The zero-order valence-corrected chi connectivity index (χ0v) is 39.8. The third kappa shape index (κ3) is 10.5. The summed E-state index contributed by atoms with van der Waals surface area (Å²) in [4.78, 5) is 59.6. The first kappa shape index (κ1) is 47.3. The molecule has 15 nitrogen and oxygen atoms in total. The van der Waals surface area contributed by atoms with E-state index in [-0.39, 0.29) is 27.4 Å². The number of rotatable bonds is 20. The number of para-hydroxylation sites is 2. The highest BCUT2D eigenvalue weighted by Gasteiger charge is 2.66. The number of fused-ring (bicyclic) bond motifs is 1. The lowest BCUT2D eigenvalue weighted by Gasteiger charge is -2.58. The number of nitrogens with zero attached hydrogens (tertiary/aromatic N) is 5. The summed E-state index contributed by atoms with van der Waals surface area (Å²) >= 11 is 0. The largest absolute Gasteiger partial charge is 0.495 e. The Morgan fingerprint density at radius 1 is 0.941 bits per heavy atom. The fourth-order valence-electron chi connectivity index (χ4n) is 11.5. The smallest absolute Gasteiger partial charge is 0.412 e. The molecule has 4 fully saturated rings. The Kier molecular flexibility index (Phi) is 15.1. The van der Waals surface area contributed by atoms with Crippen molar-refractivity contribution < 1.29 is 41.0 Å². The van der Waals surface area contributed by atoms with Gasteiger partial charge in [-0.05, 0) is 113 Å². The lowest BCUT2D eigenvalue weighted by molar-refractivity contribution is -0.135. The molecule has 3 aromatic rings. The number of hydrogen-bond donors (Lipinski definition) is 2. The fourth-order valence-corrected chi connectivity index (χ4v) is 11.5. The first-order valence-electron chi connectivity index (χ1n) is 24.6. The van der Waals surface area contributed by atoms with Crippen molar-refractivity contribution in [2.75, 3.05) is 76.4 Å². The molecule has 6 unspecified atom stereocenters. The van der Waals surface area contributed by atoms with Crippen LogP contribution < -0.4 is 29.9 Å². The van der Waals surface area contributed by atoms with Crippen molar-refractivity contribution in [3.63, 3.8) is 0 Å². The van der Waals surface area contributed by atoms with Crippen molar-refractivity contribution in [3.05, 3.63) is 102 Å². The Bertz CT molecular complexity index is 2360. The summed E-state index contributed by atoms with van der Waals surface area (Å²) in [6, 6.07) is 22.2. The minimum atomic E-state index is -0.425. The molecule has 366 valence electrons. The third-order valence-electron chi connectivity index (χ3n) is 14.7. The quantitative estimate of drug-likeness (QED) is 0.0846. The second kappa shape index (κ2) is 21.7. The van der Waals surface area contributed by atoms with E-state index in [1.165, 1.54) is 19.3 Å². The van der Waals surface area contributed by atoms with Gasteiger partial charge >= 0.3 is 6.09 Å². The van der Waals surface area contributed by atoms with Crippen molar-refractivity contribution >= 4 is 35.0 Å². The van der Waals surface area contributed by atoms with Crippen molar-refractivity contribution in [3.8, 4) is 17.2 Å². The van der Waals surface area contributed by atoms with E-state index in [1.807, 2.05) is 110 Å². The lowest BCUT2D eigenvalue weighted by Crippen LogP contribution is -2.66. The molecule has 2 N–H and O–H groups in total. The van der Waals surface area contributed by atoms with Crippen molar-refractivity contribution in [2.24, 2.45) is 16.3 Å². The Hall–Kier alpha value is -5.74. The van der Waals surface area contributed by atoms with E-state index in [0.29, 0.717) is 92.9 Å². The van der Waals surface area contributed by atoms with Crippen LogP contribution in [0, 0.1) is 18.3 Å². The molecule has 15 heteroatoms. The number of hydroxylamine groups is 1. The van der Waals surface area contributed by atoms with E-state index in [9.17, 15) is 14.4 Å². The molecule has 3 aliphatic carbocycles. The van der Waals surface area contributed by atoms with Crippen LogP contribution in [0.4, 0.5) is 16.2 Å². The van der Waals surface area contributed by atoms with E-state index in [1.54, 1.807) is 12.0 Å². The zero-order chi connectivity index (χ0) is 47.0. The second-order valence-corrected chi connectivity index (χ2v) is 18.9. The number of aryl methyl sites for hydroxylation is 1. The third-order valence-corrected chi connectivity index (χ3v) is 14.7. The highest BCUT2D eigenvalue weighted by Crippen LogP contribution is 2.63. The normalized spacial score (nSPS) is 25.2. The van der Waals surface area contributed by atoms with Crippen LogP contribution in [-0.4, -0.2) is 129 Å². The summed E-state index contributed by atoms with van der Waals surface area (Å²) in [7, 11) is 1.60. The summed E-state index contributed by atoms with van der Waals surface area (Å²) in [5.74, 6) is 1.43. The van der Waals surface area contributed by atoms with Gasteiger partial charge < -0.3 is 28.7 Å². The second-order valence-electron chi connectivity index (χ2n) is 18.9. The van der Waals surface area contributed by atoms with Crippen LogP contribution in [-0.2, 0) is 25.7 Å². The number of carbonyl (C=O) groups excluding carboxylic acids is 3. The van der Waals surface area contributed by atoms with Gasteiger partial charge in [-0.2, -0.15) is 5.48 Å². The highest BCUT2D eigenvalue weighted by atomic mass is 16.6. The average Bonchev–Trinajstić information content (AvgIpc) is 3.86. The number of amides is 3. The van der Waals surface area contributed by atoms with Crippen LogP contribution >= 0.6 is 0 Å². The summed E-state index contributed by atoms with van der Waals surface area (Å²) in [5, 5.41) is 2.91. The highest BCUT2D eigenvalue weighted by molar-refractivity contribution is 6.18. The molecular formula is C53H71N7O8. The molecule has 68 heavy (non-hydrogen) atoms. The number of piperazine rings is 1. The van der Waals surface area contributed by atoms with E-state index in [2.05, 4.69) is 20.6 Å². The molecule has 3 aromatic carbocycles. The molecule has 6 aliphatic rings.